The molecular formula is C37H58BF2N3O5. The Bertz CT molecular complexity index is 1230. The molecule has 0 bridgehead atoms. The number of ether oxygens (including phenoxy) is 1. The second-order valence-electron chi connectivity index (χ2n) is 12.8. The standard InChI is InChI=1S/C37H58BF2N3O5/c1-4-5-6-7-8-9-10-11-12-13-14-15-16-19-35(45)33(28-44)42-36(46)20-17-18-25-48-37(47)24-23-31-21-22-32(41-31)27-34-29(2)26-30(3)43(34)38(39)40/h16,19,21-22,26-27,33,35,44-45H,4-15,17-18,20,23-25,28H2,1-3H3,(H,42,46)/b19-16+,32-27-/t33-,35+/m0/s1. The van der Waals surface area contributed by atoms with E-state index in [0.717, 1.165) is 22.9 Å². The van der Waals surface area contributed by atoms with Crippen LogP contribution >= 0.6 is 0 Å². The maximum absolute atomic E-state index is 13.5. The fourth-order valence-corrected chi connectivity index (χ4v) is 5.75. The number of nitrogens with zero attached hydrogens (tertiary/aromatic N) is 2. The van der Waals surface area contributed by atoms with E-state index in [2.05, 4.69) is 17.2 Å². The number of rotatable bonds is 26. The van der Waals surface area contributed by atoms with Crippen LogP contribution in [0.2, 0.25) is 0 Å². The van der Waals surface area contributed by atoms with Crippen LogP contribution in [0.3, 0.4) is 0 Å². The molecule has 1 aliphatic heterocycles. The van der Waals surface area contributed by atoms with E-state index in [4.69, 9.17) is 4.74 Å². The van der Waals surface area contributed by atoms with Crippen molar-refractivity contribution in [3.63, 3.8) is 0 Å². The average Bonchev–Trinajstić information content (AvgIpc) is 3.62. The summed E-state index contributed by atoms with van der Waals surface area (Å²) in [7, 11) is -2.64. The zero-order valence-electron chi connectivity index (χ0n) is 29.4. The van der Waals surface area contributed by atoms with Gasteiger partial charge in [-0.2, -0.15) is 0 Å². The van der Waals surface area contributed by atoms with Gasteiger partial charge in [0.1, 0.15) is 0 Å². The second-order valence-corrected chi connectivity index (χ2v) is 12.8. The van der Waals surface area contributed by atoms with E-state index in [1.165, 1.54) is 64.2 Å². The number of carbonyl (C=O) groups excluding carboxylic acids is 2. The molecular weight excluding hydrogens is 615 g/mol. The number of aromatic nitrogens is 1. The Labute approximate surface area is 287 Å². The largest absolute Gasteiger partial charge is 0.677 e. The Morgan fingerprint density at radius 3 is 2.29 bits per heavy atom. The minimum absolute atomic E-state index is 0.130. The number of nitrogens with one attached hydrogen (secondary N) is 1. The van der Waals surface area contributed by atoms with E-state index in [9.17, 15) is 28.4 Å². The number of hydrogen-bond acceptors (Lipinski definition) is 6. The number of carbonyl (C=O) groups is 2. The van der Waals surface area contributed by atoms with Crippen LogP contribution in [0.25, 0.3) is 6.08 Å². The van der Waals surface area contributed by atoms with Gasteiger partial charge in [0.25, 0.3) is 0 Å². The maximum Gasteiger partial charge on any atom is 0.677 e. The first kappa shape index (κ1) is 41.1. The third-order valence-electron chi connectivity index (χ3n) is 8.58. The molecule has 0 unspecified atom stereocenters. The van der Waals surface area contributed by atoms with Crippen LogP contribution in [0.5, 0.6) is 0 Å². The molecule has 0 fully saturated rings. The number of allylic oxidation sites excluding steroid dienone is 3. The predicted octanol–water partition coefficient (Wildman–Crippen LogP) is 7.82. The monoisotopic (exact) mass is 673 g/mol. The van der Waals surface area contributed by atoms with Crippen LogP contribution in [0.4, 0.5) is 8.63 Å². The van der Waals surface area contributed by atoms with Crippen LogP contribution in [-0.2, 0) is 14.3 Å². The predicted molar refractivity (Wildman–Crippen MR) is 191 cm³/mol. The van der Waals surface area contributed by atoms with Crippen molar-refractivity contribution >= 4 is 31.1 Å². The van der Waals surface area contributed by atoms with Gasteiger partial charge in [-0.15, -0.1) is 0 Å². The average molecular weight is 674 g/mol. The summed E-state index contributed by atoms with van der Waals surface area (Å²) in [5.74, 6) is -0.659. The molecule has 2 rings (SSSR count). The van der Waals surface area contributed by atoms with Gasteiger partial charge in [-0.3, -0.25) is 23.2 Å². The van der Waals surface area contributed by atoms with Gasteiger partial charge in [-0.1, -0.05) is 83.3 Å². The molecule has 0 spiro atoms. The zero-order valence-corrected chi connectivity index (χ0v) is 29.4. The molecule has 0 aromatic carbocycles. The number of aliphatic hydroxyl groups excluding tert-OH is 2. The maximum atomic E-state index is 13.5. The van der Waals surface area contributed by atoms with Crippen molar-refractivity contribution in [3.8, 4) is 0 Å². The van der Waals surface area contributed by atoms with Gasteiger partial charge in [0.05, 0.1) is 37.5 Å². The molecule has 0 saturated heterocycles. The number of aliphatic imine (C=N–C) groups is 1. The highest BCUT2D eigenvalue weighted by Gasteiger charge is 2.23. The quantitative estimate of drug-likeness (QED) is 0.0402. The lowest BCUT2D eigenvalue weighted by Gasteiger charge is -2.20. The molecule has 1 aromatic heterocycles. The molecule has 1 aliphatic rings. The summed E-state index contributed by atoms with van der Waals surface area (Å²) in [6.07, 6.45) is 24.4. The highest BCUT2D eigenvalue weighted by molar-refractivity contribution is 6.41. The lowest BCUT2D eigenvalue weighted by atomic mass is 10.0. The van der Waals surface area contributed by atoms with Crippen molar-refractivity contribution in [3.05, 3.63) is 53.0 Å². The number of aryl methyl sites for hydroxylation is 2. The van der Waals surface area contributed by atoms with Crippen molar-refractivity contribution in [1.29, 1.82) is 0 Å². The number of esters is 1. The summed E-state index contributed by atoms with van der Waals surface area (Å²) in [4.78, 5) is 29.0. The molecule has 0 saturated carbocycles. The second kappa shape index (κ2) is 24.1. The Morgan fingerprint density at radius 2 is 1.65 bits per heavy atom. The molecule has 0 aliphatic carbocycles. The van der Waals surface area contributed by atoms with Crippen molar-refractivity contribution in [2.24, 2.45) is 4.99 Å². The van der Waals surface area contributed by atoms with Crippen molar-refractivity contribution < 1.29 is 33.2 Å². The summed E-state index contributed by atoms with van der Waals surface area (Å²) >= 11 is 0. The smallest absolute Gasteiger partial charge is 0.466 e. The van der Waals surface area contributed by atoms with Crippen LogP contribution in [0, 0.1) is 13.8 Å². The van der Waals surface area contributed by atoms with Gasteiger partial charge < -0.3 is 24.7 Å². The van der Waals surface area contributed by atoms with Crippen LogP contribution in [0.1, 0.15) is 133 Å². The summed E-state index contributed by atoms with van der Waals surface area (Å²) in [5.41, 5.74) is 2.84. The third kappa shape index (κ3) is 16.4. The zero-order chi connectivity index (χ0) is 35.1. The number of aliphatic hydroxyl groups is 2. The summed E-state index contributed by atoms with van der Waals surface area (Å²) in [5, 5.41) is 22.7. The first-order valence-corrected chi connectivity index (χ1v) is 18.0. The Kier molecular flexibility index (Phi) is 20.7. The highest BCUT2D eigenvalue weighted by Crippen LogP contribution is 2.23. The fourth-order valence-electron chi connectivity index (χ4n) is 5.75. The number of unbranched alkanes of at least 4 members (excludes halogenated alkanes) is 12. The van der Waals surface area contributed by atoms with Gasteiger partial charge in [-0.05, 0) is 69.4 Å². The van der Waals surface area contributed by atoms with Crippen molar-refractivity contribution in [1.82, 2.24) is 9.79 Å². The normalized spacial score (nSPS) is 14.9. The molecule has 0 radical (unpaired) electrons. The van der Waals surface area contributed by atoms with Gasteiger partial charge in [0, 0.05) is 29.9 Å². The Balaban J connectivity index is 1.55. The minimum Gasteiger partial charge on any atom is -0.466 e. The Hall–Kier alpha value is -3.05. The van der Waals surface area contributed by atoms with E-state index >= 15 is 0 Å². The summed E-state index contributed by atoms with van der Waals surface area (Å²) < 4.78 is 33.2. The van der Waals surface area contributed by atoms with Gasteiger partial charge >= 0.3 is 13.4 Å². The van der Waals surface area contributed by atoms with Gasteiger partial charge in [0.15, 0.2) is 0 Å². The van der Waals surface area contributed by atoms with Crippen LogP contribution in [0.15, 0.2) is 41.1 Å². The topological polar surface area (TPSA) is 113 Å². The Morgan fingerprint density at radius 1 is 0.979 bits per heavy atom. The lowest BCUT2D eigenvalue weighted by molar-refractivity contribution is -0.143. The van der Waals surface area contributed by atoms with Gasteiger partial charge in [-0.25, -0.2) is 0 Å². The molecule has 1 aromatic rings. The summed E-state index contributed by atoms with van der Waals surface area (Å²) in [6.45, 7) is 5.47. The van der Waals surface area contributed by atoms with E-state index < -0.39 is 19.5 Å². The van der Waals surface area contributed by atoms with Crippen LogP contribution < -0.4 is 5.32 Å². The van der Waals surface area contributed by atoms with E-state index in [1.807, 2.05) is 6.08 Å². The first-order chi connectivity index (χ1) is 23.2. The molecule has 268 valence electrons. The van der Waals surface area contributed by atoms with E-state index in [-0.39, 0.29) is 37.9 Å². The number of amides is 1. The van der Waals surface area contributed by atoms with Crippen molar-refractivity contribution in [2.45, 2.75) is 142 Å². The lowest BCUT2D eigenvalue weighted by Crippen LogP contribution is -2.45. The molecule has 11 heteroatoms. The van der Waals surface area contributed by atoms with E-state index in [1.54, 1.807) is 44.2 Å². The minimum atomic E-state index is -2.64. The summed E-state index contributed by atoms with van der Waals surface area (Å²) in [6, 6.07) is 0.940. The van der Waals surface area contributed by atoms with E-state index in [0.29, 0.717) is 42.1 Å². The van der Waals surface area contributed by atoms with Gasteiger partial charge in [0.2, 0.25) is 5.91 Å². The molecule has 2 heterocycles. The highest BCUT2D eigenvalue weighted by atomic mass is 19.2. The van der Waals surface area contributed by atoms with Crippen LogP contribution in [-0.4, -0.2) is 65.0 Å². The molecule has 2 atom stereocenters. The SMILES string of the molecule is CCCCCCCCCCCCC/C=C/[C@@H](O)[C@H](CO)NC(=O)CCCCOC(=O)CCC1=N/C(=C\c2c(C)cc(C)n2B(F)F)C=C1. The van der Waals surface area contributed by atoms with Crippen molar-refractivity contribution in [2.75, 3.05) is 13.2 Å². The molecule has 8 nitrogen and oxygen atoms in total. The third-order valence-corrected chi connectivity index (χ3v) is 8.58. The number of hydrogen-bond donors (Lipinski definition) is 3. The molecule has 48 heavy (non-hydrogen) atoms. The molecule has 3 N–H and O–H groups in total. The fraction of sp³-hybridized carbons (Fsp3) is 0.649. The number of halogens is 2. The first-order valence-electron chi connectivity index (χ1n) is 18.0. The molecule has 1 amide bonds.